The molecule has 1 heterocycles. The molecule has 3 rings (SSSR count). The smallest absolute Gasteiger partial charge is 0.260 e. The second kappa shape index (κ2) is 5.88. The molecule has 0 saturated heterocycles. The highest BCUT2D eigenvalue weighted by atomic mass is 79.9. The molecule has 1 amide bonds. The van der Waals surface area contributed by atoms with Gasteiger partial charge in [-0.05, 0) is 37.3 Å². The van der Waals surface area contributed by atoms with Crippen molar-refractivity contribution in [1.82, 2.24) is 9.55 Å². The minimum absolute atomic E-state index is 0.0240. The molecular weight excluding hydrogens is 349 g/mol. The lowest BCUT2D eigenvalue weighted by Gasteiger charge is -2.08. The van der Waals surface area contributed by atoms with Crippen molar-refractivity contribution in [2.45, 2.75) is 13.5 Å². The summed E-state index contributed by atoms with van der Waals surface area (Å²) in [7, 11) is 0. The summed E-state index contributed by atoms with van der Waals surface area (Å²) in [5.41, 5.74) is 1.69. The fraction of sp³-hybridized carbons (Fsp3) is 0.125. The minimum Gasteiger partial charge on any atom is -0.310 e. The zero-order valence-corrected chi connectivity index (χ0v) is 13.4. The molecule has 0 saturated carbocycles. The van der Waals surface area contributed by atoms with Gasteiger partial charge in [0.2, 0.25) is 5.95 Å². The fourth-order valence-corrected chi connectivity index (χ4v) is 2.69. The molecule has 1 aromatic heterocycles. The number of imidazole rings is 1. The van der Waals surface area contributed by atoms with Crippen molar-refractivity contribution in [2.75, 3.05) is 5.32 Å². The van der Waals surface area contributed by atoms with Gasteiger partial charge in [-0.15, -0.1) is 0 Å². The molecule has 4 nitrogen and oxygen atoms in total. The van der Waals surface area contributed by atoms with Crippen LogP contribution in [0.25, 0.3) is 11.0 Å². The van der Waals surface area contributed by atoms with Crippen molar-refractivity contribution in [3.63, 3.8) is 0 Å². The van der Waals surface area contributed by atoms with E-state index in [1.165, 1.54) is 12.1 Å². The van der Waals surface area contributed by atoms with Crippen LogP contribution in [-0.2, 0) is 6.54 Å². The van der Waals surface area contributed by atoms with Gasteiger partial charge in [-0.1, -0.05) is 28.1 Å². The van der Waals surface area contributed by atoms with Crippen LogP contribution in [0.15, 0.2) is 46.9 Å². The number of nitrogens with zero attached hydrogens (tertiary/aromatic N) is 2. The Bertz CT molecular complexity index is 860. The van der Waals surface area contributed by atoms with E-state index in [9.17, 15) is 9.18 Å². The van der Waals surface area contributed by atoms with Crippen molar-refractivity contribution in [3.8, 4) is 0 Å². The molecule has 0 atom stereocenters. The van der Waals surface area contributed by atoms with Crippen LogP contribution in [0.5, 0.6) is 0 Å². The average molecular weight is 362 g/mol. The van der Waals surface area contributed by atoms with Gasteiger partial charge in [-0.25, -0.2) is 9.37 Å². The molecule has 22 heavy (non-hydrogen) atoms. The molecule has 0 aliphatic heterocycles. The number of aryl methyl sites for hydroxylation is 1. The summed E-state index contributed by atoms with van der Waals surface area (Å²) in [5.74, 6) is -0.684. The third-order valence-electron chi connectivity index (χ3n) is 3.37. The molecule has 0 bridgehead atoms. The van der Waals surface area contributed by atoms with E-state index in [1.54, 1.807) is 6.07 Å². The number of amides is 1. The number of halogens is 2. The number of rotatable bonds is 3. The van der Waals surface area contributed by atoms with Gasteiger partial charge in [-0.2, -0.15) is 0 Å². The Balaban J connectivity index is 1.99. The number of anilines is 1. The number of carbonyl (C=O) groups is 1. The van der Waals surface area contributed by atoms with Crippen LogP contribution >= 0.6 is 15.9 Å². The van der Waals surface area contributed by atoms with E-state index in [2.05, 4.69) is 26.2 Å². The third-order valence-corrected chi connectivity index (χ3v) is 3.86. The number of hydrogen-bond acceptors (Lipinski definition) is 2. The number of fused-ring (bicyclic) bond motifs is 1. The van der Waals surface area contributed by atoms with Gasteiger partial charge in [-0.3, -0.25) is 10.1 Å². The topological polar surface area (TPSA) is 46.9 Å². The van der Waals surface area contributed by atoms with E-state index in [4.69, 9.17) is 0 Å². The van der Waals surface area contributed by atoms with Crippen LogP contribution in [0.3, 0.4) is 0 Å². The molecule has 6 heteroatoms. The first-order valence-corrected chi connectivity index (χ1v) is 7.61. The molecule has 0 aliphatic rings. The maximum absolute atomic E-state index is 13.8. The summed E-state index contributed by atoms with van der Waals surface area (Å²) in [6.07, 6.45) is 0. The molecule has 0 radical (unpaired) electrons. The van der Waals surface area contributed by atoms with Crippen LogP contribution in [0.2, 0.25) is 0 Å². The van der Waals surface area contributed by atoms with Crippen LogP contribution < -0.4 is 5.32 Å². The number of benzene rings is 2. The highest BCUT2D eigenvalue weighted by molar-refractivity contribution is 9.10. The quantitative estimate of drug-likeness (QED) is 0.759. The lowest BCUT2D eigenvalue weighted by Crippen LogP contribution is -2.17. The van der Waals surface area contributed by atoms with Crippen molar-refractivity contribution < 1.29 is 9.18 Å². The minimum atomic E-state index is -0.570. The Hall–Kier alpha value is -2.21. The summed E-state index contributed by atoms with van der Waals surface area (Å²) in [5, 5.41) is 2.69. The van der Waals surface area contributed by atoms with Crippen molar-refractivity contribution >= 4 is 38.8 Å². The molecule has 0 fully saturated rings. The standard InChI is InChI=1S/C16H13BrFN3O/c1-2-21-14-6-4-3-5-13(14)19-16(21)20-15(22)11-9-10(17)7-8-12(11)18/h3-9H,2H2,1H3,(H,19,20,22). The molecule has 0 spiro atoms. The van der Waals surface area contributed by atoms with Crippen LogP contribution in [0, 0.1) is 5.82 Å². The lowest BCUT2D eigenvalue weighted by molar-refractivity contribution is 0.102. The first-order chi connectivity index (χ1) is 10.6. The Morgan fingerprint density at radius 2 is 2.09 bits per heavy atom. The number of aromatic nitrogens is 2. The first kappa shape index (κ1) is 14.7. The molecule has 0 unspecified atom stereocenters. The first-order valence-electron chi connectivity index (χ1n) is 6.82. The van der Waals surface area contributed by atoms with Gasteiger partial charge in [0.25, 0.3) is 5.91 Å². The van der Waals surface area contributed by atoms with Gasteiger partial charge in [0.1, 0.15) is 5.82 Å². The number of hydrogen-bond donors (Lipinski definition) is 1. The van der Waals surface area contributed by atoms with E-state index in [1.807, 2.05) is 35.8 Å². The van der Waals surface area contributed by atoms with Gasteiger partial charge in [0, 0.05) is 11.0 Å². The van der Waals surface area contributed by atoms with E-state index in [-0.39, 0.29) is 5.56 Å². The fourth-order valence-electron chi connectivity index (χ4n) is 2.33. The van der Waals surface area contributed by atoms with Gasteiger partial charge >= 0.3 is 0 Å². The van der Waals surface area contributed by atoms with E-state index in [0.29, 0.717) is 17.0 Å². The Morgan fingerprint density at radius 3 is 2.86 bits per heavy atom. The van der Waals surface area contributed by atoms with E-state index in [0.717, 1.165) is 11.0 Å². The van der Waals surface area contributed by atoms with Crippen LogP contribution in [0.4, 0.5) is 10.3 Å². The highest BCUT2D eigenvalue weighted by Crippen LogP contribution is 2.21. The Labute approximate surface area is 135 Å². The second-order valence-corrected chi connectivity index (χ2v) is 5.66. The van der Waals surface area contributed by atoms with Gasteiger partial charge in [0.15, 0.2) is 0 Å². The maximum Gasteiger partial charge on any atom is 0.260 e. The van der Waals surface area contributed by atoms with Crippen LogP contribution in [0.1, 0.15) is 17.3 Å². The predicted molar refractivity (Wildman–Crippen MR) is 87.5 cm³/mol. The zero-order valence-electron chi connectivity index (χ0n) is 11.8. The molecule has 0 aliphatic carbocycles. The summed E-state index contributed by atoms with van der Waals surface area (Å²) in [6.45, 7) is 2.61. The summed E-state index contributed by atoms with van der Waals surface area (Å²) in [6, 6.07) is 11.8. The molecule has 112 valence electrons. The normalized spacial score (nSPS) is 10.9. The Kier molecular flexibility index (Phi) is 3.94. The zero-order chi connectivity index (χ0) is 15.7. The summed E-state index contributed by atoms with van der Waals surface area (Å²) < 4.78 is 16.3. The molecule has 1 N–H and O–H groups in total. The predicted octanol–water partition coefficient (Wildman–Crippen LogP) is 4.21. The van der Waals surface area contributed by atoms with Crippen molar-refractivity contribution in [3.05, 3.63) is 58.3 Å². The van der Waals surface area contributed by atoms with E-state index < -0.39 is 11.7 Å². The maximum atomic E-state index is 13.8. The largest absolute Gasteiger partial charge is 0.310 e. The van der Waals surface area contributed by atoms with Gasteiger partial charge in [0.05, 0.1) is 16.6 Å². The van der Waals surface area contributed by atoms with Crippen molar-refractivity contribution in [1.29, 1.82) is 0 Å². The molecule has 3 aromatic rings. The highest BCUT2D eigenvalue weighted by Gasteiger charge is 2.16. The van der Waals surface area contributed by atoms with Gasteiger partial charge < -0.3 is 4.57 Å². The monoisotopic (exact) mass is 361 g/mol. The molecule has 2 aromatic carbocycles. The second-order valence-electron chi connectivity index (χ2n) is 4.75. The van der Waals surface area contributed by atoms with E-state index >= 15 is 0 Å². The SMILES string of the molecule is CCn1c(NC(=O)c2cc(Br)ccc2F)nc2ccccc21. The summed E-state index contributed by atoms with van der Waals surface area (Å²) in [4.78, 5) is 16.7. The van der Waals surface area contributed by atoms with Crippen LogP contribution in [-0.4, -0.2) is 15.5 Å². The average Bonchev–Trinajstić information content (AvgIpc) is 2.86. The number of nitrogens with one attached hydrogen (secondary N) is 1. The third kappa shape index (κ3) is 2.62. The Morgan fingerprint density at radius 1 is 1.32 bits per heavy atom. The number of carbonyl (C=O) groups excluding carboxylic acids is 1. The summed E-state index contributed by atoms with van der Waals surface area (Å²) >= 11 is 3.24. The molecular formula is C16H13BrFN3O. The van der Waals surface area contributed by atoms with Crippen molar-refractivity contribution in [2.24, 2.45) is 0 Å². The number of para-hydroxylation sites is 2. The lowest BCUT2D eigenvalue weighted by atomic mass is 10.2.